The van der Waals surface area contributed by atoms with Crippen LogP contribution in [-0.2, 0) is 9.78 Å². The quantitative estimate of drug-likeness (QED) is 0.565. The molecular formula is C13H26O2. The predicted molar refractivity (Wildman–Crippen MR) is 62.6 cm³/mol. The van der Waals surface area contributed by atoms with Gasteiger partial charge in [-0.3, -0.25) is 0 Å². The van der Waals surface area contributed by atoms with Gasteiger partial charge in [0.25, 0.3) is 0 Å². The van der Waals surface area contributed by atoms with E-state index in [9.17, 15) is 0 Å². The Morgan fingerprint density at radius 2 is 0.933 bits per heavy atom. The molecule has 0 aliphatic carbocycles. The fourth-order valence-corrected chi connectivity index (χ4v) is 1.71. The van der Waals surface area contributed by atoms with Crippen molar-refractivity contribution in [3.63, 3.8) is 0 Å². The Kier molecular flexibility index (Phi) is 3.52. The molecule has 1 fully saturated rings. The maximum Gasteiger partial charge on any atom is 0.0980 e. The molecule has 15 heavy (non-hydrogen) atoms. The molecule has 2 nitrogen and oxygen atoms in total. The van der Waals surface area contributed by atoms with Gasteiger partial charge >= 0.3 is 0 Å². The normalized spacial score (nSPS) is 30.0. The van der Waals surface area contributed by atoms with Crippen LogP contribution in [-0.4, -0.2) is 11.2 Å². The van der Waals surface area contributed by atoms with Crippen molar-refractivity contribution in [2.24, 2.45) is 5.41 Å². The second-order valence-corrected chi connectivity index (χ2v) is 6.85. The second-order valence-electron chi connectivity index (χ2n) is 6.85. The van der Waals surface area contributed by atoms with Gasteiger partial charge in [-0.15, -0.1) is 0 Å². The van der Waals surface area contributed by atoms with E-state index in [0.717, 1.165) is 12.8 Å². The van der Waals surface area contributed by atoms with Crippen molar-refractivity contribution in [3.05, 3.63) is 0 Å². The number of hydrogen-bond acceptors (Lipinski definition) is 2. The van der Waals surface area contributed by atoms with Gasteiger partial charge in [0.05, 0.1) is 11.2 Å². The molecule has 0 N–H and O–H groups in total. The van der Waals surface area contributed by atoms with Crippen LogP contribution in [0.4, 0.5) is 0 Å². The van der Waals surface area contributed by atoms with Crippen LogP contribution >= 0.6 is 0 Å². The van der Waals surface area contributed by atoms with Gasteiger partial charge < -0.3 is 0 Å². The molecule has 0 unspecified atom stereocenters. The number of hydrogen-bond donors (Lipinski definition) is 0. The van der Waals surface area contributed by atoms with Crippen molar-refractivity contribution in [2.75, 3.05) is 0 Å². The van der Waals surface area contributed by atoms with E-state index in [0.29, 0.717) is 5.41 Å². The summed E-state index contributed by atoms with van der Waals surface area (Å²) < 4.78 is 0. The van der Waals surface area contributed by atoms with E-state index >= 15 is 0 Å². The molecule has 0 atom stereocenters. The maximum atomic E-state index is 5.56. The van der Waals surface area contributed by atoms with Crippen molar-refractivity contribution in [2.45, 2.75) is 78.4 Å². The standard InChI is InChI=1S/C13H26O2/c1-11(2)7-9-12(3,4)14-15-13(5,6)10-8-11/h7-10H2,1-6H3. The summed E-state index contributed by atoms with van der Waals surface area (Å²) in [7, 11) is 0. The first-order valence-corrected chi connectivity index (χ1v) is 5.99. The monoisotopic (exact) mass is 214 g/mol. The van der Waals surface area contributed by atoms with E-state index in [1.807, 2.05) is 0 Å². The van der Waals surface area contributed by atoms with E-state index < -0.39 is 0 Å². The lowest BCUT2D eigenvalue weighted by Crippen LogP contribution is -2.31. The molecule has 0 aromatic rings. The average molecular weight is 214 g/mol. The fourth-order valence-electron chi connectivity index (χ4n) is 1.71. The van der Waals surface area contributed by atoms with E-state index in [2.05, 4.69) is 41.5 Å². The van der Waals surface area contributed by atoms with Crippen LogP contribution in [0.3, 0.4) is 0 Å². The zero-order valence-electron chi connectivity index (χ0n) is 11.1. The number of rotatable bonds is 0. The molecule has 1 heterocycles. The highest BCUT2D eigenvalue weighted by Crippen LogP contribution is 2.37. The van der Waals surface area contributed by atoms with Gasteiger partial charge in [0.2, 0.25) is 0 Å². The largest absolute Gasteiger partial charge is 0.230 e. The van der Waals surface area contributed by atoms with E-state index in [1.165, 1.54) is 12.8 Å². The van der Waals surface area contributed by atoms with Crippen LogP contribution in [0.1, 0.15) is 67.2 Å². The van der Waals surface area contributed by atoms with Crippen molar-refractivity contribution < 1.29 is 9.78 Å². The van der Waals surface area contributed by atoms with Crippen molar-refractivity contribution in [1.82, 2.24) is 0 Å². The molecule has 0 aromatic heterocycles. The SMILES string of the molecule is CC1(C)CCC(C)(C)OOC(C)(C)CC1. The summed E-state index contributed by atoms with van der Waals surface area (Å²) in [5.74, 6) is 0. The molecule has 1 rings (SSSR count). The average Bonchev–Trinajstić information content (AvgIpc) is 2.12. The van der Waals surface area contributed by atoms with E-state index in [4.69, 9.17) is 9.78 Å². The van der Waals surface area contributed by atoms with Crippen LogP contribution < -0.4 is 0 Å². The van der Waals surface area contributed by atoms with Gasteiger partial charge in [0, 0.05) is 0 Å². The van der Waals surface area contributed by atoms with Gasteiger partial charge in [-0.25, -0.2) is 9.78 Å². The fraction of sp³-hybridized carbons (Fsp3) is 1.00. The summed E-state index contributed by atoms with van der Waals surface area (Å²) in [4.78, 5) is 11.1. The molecule has 1 saturated heterocycles. The predicted octanol–water partition coefficient (Wildman–Crippen LogP) is 4.09. The van der Waals surface area contributed by atoms with Crippen molar-refractivity contribution in [1.29, 1.82) is 0 Å². The summed E-state index contributed by atoms with van der Waals surface area (Å²) in [6.45, 7) is 13.1. The van der Waals surface area contributed by atoms with Crippen molar-refractivity contribution >= 4 is 0 Å². The highest BCUT2D eigenvalue weighted by Gasteiger charge is 2.33. The molecule has 0 spiro atoms. The van der Waals surface area contributed by atoms with Gasteiger partial charge in [-0.2, -0.15) is 0 Å². The third kappa shape index (κ3) is 4.52. The molecule has 1 aliphatic rings. The third-order valence-corrected chi connectivity index (χ3v) is 3.30. The first-order valence-electron chi connectivity index (χ1n) is 5.99. The summed E-state index contributed by atoms with van der Waals surface area (Å²) in [5.41, 5.74) is 0.0589. The maximum absolute atomic E-state index is 5.56. The summed E-state index contributed by atoms with van der Waals surface area (Å²) >= 11 is 0. The molecule has 90 valence electrons. The van der Waals surface area contributed by atoms with Gasteiger partial charge in [-0.05, 0) is 58.8 Å². The minimum Gasteiger partial charge on any atom is -0.230 e. The lowest BCUT2D eigenvalue weighted by molar-refractivity contribution is -0.401. The molecule has 0 amide bonds. The zero-order valence-corrected chi connectivity index (χ0v) is 11.1. The summed E-state index contributed by atoms with van der Waals surface area (Å²) in [6.07, 6.45) is 4.49. The van der Waals surface area contributed by atoms with Gasteiger partial charge in [-0.1, -0.05) is 13.8 Å². The summed E-state index contributed by atoms with van der Waals surface area (Å²) in [6, 6.07) is 0. The highest BCUT2D eigenvalue weighted by atomic mass is 17.2. The highest BCUT2D eigenvalue weighted by molar-refractivity contribution is 4.80. The van der Waals surface area contributed by atoms with Crippen LogP contribution in [0, 0.1) is 5.41 Å². The van der Waals surface area contributed by atoms with E-state index in [-0.39, 0.29) is 11.2 Å². The van der Waals surface area contributed by atoms with Crippen LogP contribution in [0.5, 0.6) is 0 Å². The lowest BCUT2D eigenvalue weighted by Gasteiger charge is -2.28. The third-order valence-electron chi connectivity index (χ3n) is 3.30. The lowest BCUT2D eigenvalue weighted by atomic mass is 9.79. The Bertz CT molecular complexity index is 161. The Hall–Kier alpha value is -0.0800. The van der Waals surface area contributed by atoms with Crippen LogP contribution in [0.2, 0.25) is 0 Å². The first-order chi connectivity index (χ1) is 6.62. The van der Waals surface area contributed by atoms with Gasteiger partial charge in [0.15, 0.2) is 0 Å². The zero-order chi connectivity index (χ0) is 11.7. The van der Waals surface area contributed by atoms with Crippen LogP contribution in [0.15, 0.2) is 0 Å². The Morgan fingerprint density at radius 1 is 0.600 bits per heavy atom. The van der Waals surface area contributed by atoms with E-state index in [1.54, 1.807) is 0 Å². The molecule has 2 heteroatoms. The smallest absolute Gasteiger partial charge is 0.0980 e. The topological polar surface area (TPSA) is 18.5 Å². The summed E-state index contributed by atoms with van der Waals surface area (Å²) in [5, 5.41) is 0. The molecule has 0 aromatic carbocycles. The first kappa shape index (κ1) is 13.0. The Morgan fingerprint density at radius 3 is 1.27 bits per heavy atom. The Balaban J connectivity index is 2.74. The molecule has 0 radical (unpaired) electrons. The second kappa shape index (κ2) is 4.06. The van der Waals surface area contributed by atoms with Gasteiger partial charge in [0.1, 0.15) is 0 Å². The Labute approximate surface area is 94.3 Å². The molecule has 1 aliphatic heterocycles. The minimum atomic E-state index is -0.168. The molecular weight excluding hydrogens is 188 g/mol. The van der Waals surface area contributed by atoms with Crippen LogP contribution in [0.25, 0.3) is 0 Å². The minimum absolute atomic E-state index is 0.168. The molecule has 0 saturated carbocycles. The molecule has 0 bridgehead atoms. The van der Waals surface area contributed by atoms with Crippen molar-refractivity contribution in [3.8, 4) is 0 Å².